The normalized spacial score (nSPS) is 14.3. The first-order valence-electron chi connectivity index (χ1n) is 11.8. The van der Waals surface area contributed by atoms with E-state index in [2.05, 4.69) is 32.1 Å². The van der Waals surface area contributed by atoms with Crippen molar-refractivity contribution in [2.45, 2.75) is 85.4 Å². The third-order valence-electron chi connectivity index (χ3n) is 4.96. The van der Waals surface area contributed by atoms with Crippen molar-refractivity contribution in [1.82, 2.24) is 24.6 Å². The standard InChI is InChI=1S/C22H38N7O5P/c1-7-8-9-10-11-32-21(30)22(5,6)28-35(31,34-27-16(2)3)15-33-17(4)12-29-14-26-18-19(23)24-13-25-20(18)29/h13-14,17H,7-12,15H2,1-6H3,(H,28,31)(H2,23,24,25). The highest BCUT2D eigenvalue weighted by atomic mass is 31.2. The van der Waals surface area contributed by atoms with E-state index < -0.39 is 25.1 Å². The van der Waals surface area contributed by atoms with Gasteiger partial charge in [0.2, 0.25) is 0 Å². The number of imidazole rings is 1. The van der Waals surface area contributed by atoms with E-state index in [9.17, 15) is 9.36 Å². The minimum absolute atomic E-state index is 0.289. The summed E-state index contributed by atoms with van der Waals surface area (Å²) in [4.78, 5) is 25.0. The minimum atomic E-state index is -3.73. The van der Waals surface area contributed by atoms with Crippen LogP contribution in [0.3, 0.4) is 0 Å². The number of nitrogen functional groups attached to an aromatic ring is 1. The number of nitrogens with zero attached hydrogens (tertiary/aromatic N) is 5. The molecular formula is C22H38N7O5P. The number of unbranched alkanes of at least 4 members (excludes halogenated alkanes) is 3. The second-order valence-electron chi connectivity index (χ2n) is 9.16. The number of carbonyl (C=O) groups excluding carboxylic acids is 1. The van der Waals surface area contributed by atoms with E-state index in [-0.39, 0.29) is 12.2 Å². The summed E-state index contributed by atoms with van der Waals surface area (Å²) in [6, 6.07) is 0. The number of carbonyl (C=O) groups is 1. The van der Waals surface area contributed by atoms with Crippen LogP contribution < -0.4 is 10.8 Å². The largest absolute Gasteiger partial charge is 0.464 e. The summed E-state index contributed by atoms with van der Waals surface area (Å²) < 4.78 is 31.9. The Bertz CT molecular complexity index is 1050. The predicted octanol–water partition coefficient (Wildman–Crippen LogP) is 3.87. The van der Waals surface area contributed by atoms with Crippen LogP contribution in [0.5, 0.6) is 0 Å². The van der Waals surface area contributed by atoms with Gasteiger partial charge in [-0.3, -0.25) is 9.36 Å². The lowest BCUT2D eigenvalue weighted by Crippen LogP contribution is -2.47. The second kappa shape index (κ2) is 12.9. The molecule has 0 spiro atoms. The van der Waals surface area contributed by atoms with Gasteiger partial charge in [-0.05, 0) is 41.0 Å². The number of ether oxygens (including phenoxy) is 2. The summed E-state index contributed by atoms with van der Waals surface area (Å²) in [5.41, 5.74) is 6.20. The molecule has 2 aromatic rings. The molecule has 0 bridgehead atoms. The maximum absolute atomic E-state index is 13.6. The minimum Gasteiger partial charge on any atom is -0.464 e. The molecule has 0 aromatic carbocycles. The molecule has 0 fully saturated rings. The van der Waals surface area contributed by atoms with Gasteiger partial charge in [0.05, 0.1) is 31.3 Å². The molecule has 3 N–H and O–H groups in total. The molecule has 0 aliphatic rings. The molecule has 2 heterocycles. The fraction of sp³-hybridized carbons (Fsp3) is 0.682. The Labute approximate surface area is 206 Å². The molecule has 12 nitrogen and oxygen atoms in total. The summed E-state index contributed by atoms with van der Waals surface area (Å²) in [5, 5.41) is 6.65. The number of fused-ring (bicyclic) bond motifs is 1. The maximum Gasteiger partial charge on any atom is 0.365 e. The molecule has 0 radical (unpaired) electrons. The number of hydrogen-bond donors (Lipinski definition) is 2. The number of rotatable bonds is 15. The molecule has 2 unspecified atom stereocenters. The second-order valence-corrected chi connectivity index (χ2v) is 11.2. The Kier molecular flexibility index (Phi) is 10.6. The van der Waals surface area contributed by atoms with Gasteiger partial charge in [0.1, 0.15) is 23.7 Å². The topological polar surface area (TPSA) is 156 Å². The van der Waals surface area contributed by atoms with E-state index in [0.717, 1.165) is 25.7 Å². The van der Waals surface area contributed by atoms with E-state index in [1.54, 1.807) is 38.6 Å². The number of nitrogens with one attached hydrogen (secondary N) is 1. The number of aromatic nitrogens is 4. The summed E-state index contributed by atoms with van der Waals surface area (Å²) in [6.07, 6.45) is 6.18. The van der Waals surface area contributed by atoms with Crippen molar-refractivity contribution in [3.8, 4) is 0 Å². The number of oxime groups is 1. The van der Waals surface area contributed by atoms with Crippen LogP contribution in [0.25, 0.3) is 11.2 Å². The van der Waals surface area contributed by atoms with Crippen molar-refractivity contribution < 1.29 is 23.5 Å². The lowest BCUT2D eigenvalue weighted by atomic mass is 10.1. The first-order valence-corrected chi connectivity index (χ1v) is 13.6. The van der Waals surface area contributed by atoms with Crippen molar-refractivity contribution in [2.75, 3.05) is 18.7 Å². The van der Waals surface area contributed by atoms with Gasteiger partial charge < -0.3 is 24.4 Å². The number of hydrogen-bond acceptors (Lipinski definition) is 10. The lowest BCUT2D eigenvalue weighted by Gasteiger charge is -2.29. The zero-order valence-corrected chi connectivity index (χ0v) is 22.4. The van der Waals surface area contributed by atoms with Gasteiger partial charge >= 0.3 is 13.5 Å². The van der Waals surface area contributed by atoms with Crippen molar-refractivity contribution in [2.24, 2.45) is 5.16 Å². The molecule has 2 aromatic heterocycles. The molecule has 2 atom stereocenters. The van der Waals surface area contributed by atoms with Crippen LogP contribution in [0.4, 0.5) is 5.82 Å². The van der Waals surface area contributed by atoms with Crippen LogP contribution in [-0.2, 0) is 30.0 Å². The van der Waals surface area contributed by atoms with Gasteiger partial charge in [-0.1, -0.05) is 31.3 Å². The fourth-order valence-corrected chi connectivity index (χ4v) is 5.00. The van der Waals surface area contributed by atoms with Gasteiger partial charge in [-0.2, -0.15) is 0 Å². The number of anilines is 1. The SMILES string of the molecule is CCCCCCOC(=O)C(C)(C)NP(=O)(COC(C)Cn1cnc2c(N)ncnc21)ON=C(C)C. The van der Waals surface area contributed by atoms with Gasteiger partial charge in [0.25, 0.3) is 0 Å². The summed E-state index contributed by atoms with van der Waals surface area (Å²) >= 11 is 0. The highest BCUT2D eigenvalue weighted by molar-refractivity contribution is 7.56. The van der Waals surface area contributed by atoms with Crippen LogP contribution in [0, 0.1) is 0 Å². The van der Waals surface area contributed by atoms with Crippen LogP contribution in [-0.4, -0.2) is 55.8 Å². The van der Waals surface area contributed by atoms with Crippen LogP contribution in [0.15, 0.2) is 17.8 Å². The number of nitrogens with two attached hydrogens (primary N) is 1. The Morgan fingerprint density at radius 1 is 1.26 bits per heavy atom. The maximum atomic E-state index is 13.6. The molecule has 35 heavy (non-hydrogen) atoms. The zero-order valence-electron chi connectivity index (χ0n) is 21.5. The molecule has 2 rings (SSSR count). The molecule has 0 amide bonds. The van der Waals surface area contributed by atoms with Crippen molar-refractivity contribution in [3.63, 3.8) is 0 Å². The molecule has 0 saturated carbocycles. The molecular weight excluding hydrogens is 473 g/mol. The van der Waals surface area contributed by atoms with E-state index in [1.807, 2.05) is 6.92 Å². The summed E-state index contributed by atoms with van der Waals surface area (Å²) in [7, 11) is -3.73. The third-order valence-corrected chi connectivity index (χ3v) is 6.69. The van der Waals surface area contributed by atoms with E-state index in [1.165, 1.54) is 6.33 Å². The summed E-state index contributed by atoms with van der Waals surface area (Å²) in [6.45, 7) is 11.2. The lowest BCUT2D eigenvalue weighted by molar-refractivity contribution is -0.149. The smallest absolute Gasteiger partial charge is 0.365 e. The van der Waals surface area contributed by atoms with Gasteiger partial charge in [0.15, 0.2) is 11.5 Å². The fourth-order valence-electron chi connectivity index (χ4n) is 3.16. The van der Waals surface area contributed by atoms with Gasteiger partial charge in [0, 0.05) is 0 Å². The first kappa shape index (κ1) is 28.7. The van der Waals surface area contributed by atoms with Crippen molar-refractivity contribution in [1.29, 1.82) is 0 Å². The highest BCUT2D eigenvalue weighted by Gasteiger charge is 2.39. The monoisotopic (exact) mass is 511 g/mol. The molecule has 0 saturated heterocycles. The van der Waals surface area contributed by atoms with Gasteiger partial charge in [-0.25, -0.2) is 20.0 Å². The third kappa shape index (κ3) is 8.87. The Morgan fingerprint density at radius 2 is 2.00 bits per heavy atom. The average molecular weight is 512 g/mol. The van der Waals surface area contributed by atoms with Crippen LogP contribution >= 0.6 is 7.52 Å². The summed E-state index contributed by atoms with van der Waals surface area (Å²) in [5.74, 6) is -0.234. The first-order chi connectivity index (χ1) is 16.5. The number of esters is 1. The Balaban J connectivity index is 2.03. The van der Waals surface area contributed by atoms with Crippen LogP contribution in [0.2, 0.25) is 0 Å². The zero-order chi connectivity index (χ0) is 26.1. The van der Waals surface area contributed by atoms with E-state index >= 15 is 0 Å². The van der Waals surface area contributed by atoms with Gasteiger partial charge in [-0.15, -0.1) is 0 Å². The molecule has 0 aliphatic heterocycles. The molecule has 196 valence electrons. The van der Waals surface area contributed by atoms with Crippen molar-refractivity contribution >= 4 is 36.2 Å². The average Bonchev–Trinajstić information content (AvgIpc) is 3.20. The van der Waals surface area contributed by atoms with Crippen molar-refractivity contribution in [3.05, 3.63) is 12.7 Å². The highest BCUT2D eigenvalue weighted by Crippen LogP contribution is 2.45. The predicted molar refractivity (Wildman–Crippen MR) is 135 cm³/mol. The van der Waals surface area contributed by atoms with Crippen LogP contribution in [0.1, 0.15) is 67.2 Å². The quantitative estimate of drug-likeness (QED) is 0.118. The van der Waals surface area contributed by atoms with E-state index in [4.69, 9.17) is 19.8 Å². The molecule has 0 aliphatic carbocycles. The molecule has 13 heteroatoms. The Hall–Kier alpha value is -2.56. The van der Waals surface area contributed by atoms with E-state index in [0.29, 0.717) is 30.0 Å². The Morgan fingerprint density at radius 3 is 2.69 bits per heavy atom.